The summed E-state index contributed by atoms with van der Waals surface area (Å²) in [6.07, 6.45) is -0.669. The Hall–Kier alpha value is -3.08. The van der Waals surface area contributed by atoms with Crippen molar-refractivity contribution < 1.29 is 13.9 Å². The fourth-order valence-electron chi connectivity index (χ4n) is 1.93. The van der Waals surface area contributed by atoms with Gasteiger partial charge in [-0.15, -0.1) is 0 Å². The van der Waals surface area contributed by atoms with E-state index in [2.05, 4.69) is 5.32 Å². The zero-order valence-corrected chi connectivity index (χ0v) is 10.9. The third-order valence-corrected chi connectivity index (χ3v) is 2.83. The van der Waals surface area contributed by atoms with Crippen LogP contribution >= 0.6 is 0 Å². The van der Waals surface area contributed by atoms with E-state index in [0.29, 0.717) is 16.7 Å². The summed E-state index contributed by atoms with van der Waals surface area (Å²) in [7, 11) is 0. The van der Waals surface area contributed by atoms with E-state index in [0.717, 1.165) is 6.07 Å². The minimum absolute atomic E-state index is 0.162. The molecule has 0 bridgehead atoms. The Morgan fingerprint density at radius 3 is 2.52 bits per heavy atom. The lowest BCUT2D eigenvalue weighted by molar-refractivity contribution is 0.215. The molecule has 0 saturated carbocycles. The zero-order chi connectivity index (χ0) is 14.7. The number of anilines is 1. The van der Waals surface area contributed by atoms with Gasteiger partial charge < -0.3 is 9.15 Å². The van der Waals surface area contributed by atoms with Gasteiger partial charge in [0, 0.05) is 5.69 Å². The maximum atomic E-state index is 11.9. The Morgan fingerprint density at radius 2 is 1.71 bits per heavy atom. The van der Waals surface area contributed by atoms with Gasteiger partial charge in [-0.2, -0.15) is 0 Å². The number of rotatable bonds is 2. The van der Waals surface area contributed by atoms with Gasteiger partial charge in [-0.25, -0.2) is 9.59 Å². The molecule has 5 nitrogen and oxygen atoms in total. The number of nitrogens with one attached hydrogen (secondary N) is 1. The molecule has 0 aliphatic rings. The van der Waals surface area contributed by atoms with Crippen molar-refractivity contribution in [3.8, 4) is 5.75 Å². The zero-order valence-electron chi connectivity index (χ0n) is 10.9. The van der Waals surface area contributed by atoms with Gasteiger partial charge >= 0.3 is 11.7 Å². The summed E-state index contributed by atoms with van der Waals surface area (Å²) in [6, 6.07) is 16.9. The van der Waals surface area contributed by atoms with Gasteiger partial charge in [-0.3, -0.25) is 5.32 Å². The van der Waals surface area contributed by atoms with Crippen LogP contribution in [-0.4, -0.2) is 6.09 Å². The van der Waals surface area contributed by atoms with Crippen molar-refractivity contribution in [1.29, 1.82) is 0 Å². The molecule has 5 heteroatoms. The second kappa shape index (κ2) is 5.50. The van der Waals surface area contributed by atoms with E-state index < -0.39 is 11.7 Å². The monoisotopic (exact) mass is 281 g/mol. The Kier molecular flexibility index (Phi) is 3.39. The van der Waals surface area contributed by atoms with Crippen molar-refractivity contribution in [1.82, 2.24) is 0 Å². The number of ether oxygens (including phenoxy) is 1. The molecule has 0 radical (unpaired) electrons. The van der Waals surface area contributed by atoms with Gasteiger partial charge in [0.25, 0.3) is 0 Å². The predicted molar refractivity (Wildman–Crippen MR) is 78.6 cm³/mol. The standard InChI is InChI=1S/C16H11NO4/c18-15-10-14(12-8-4-5-9-13(12)20-15)21-16(19)17-11-6-2-1-3-7-11/h1-10H,(H,17,19). The van der Waals surface area contributed by atoms with Crippen LogP contribution in [0.2, 0.25) is 0 Å². The molecule has 104 valence electrons. The molecular formula is C16H11NO4. The molecule has 0 unspecified atom stereocenters. The summed E-state index contributed by atoms with van der Waals surface area (Å²) in [6.45, 7) is 0. The number of hydrogen-bond donors (Lipinski definition) is 1. The maximum Gasteiger partial charge on any atom is 0.417 e. The highest BCUT2D eigenvalue weighted by atomic mass is 16.6. The van der Waals surface area contributed by atoms with Crippen molar-refractivity contribution in [3.05, 3.63) is 71.1 Å². The Bertz CT molecular complexity index is 840. The first-order chi connectivity index (χ1) is 10.2. The number of para-hydroxylation sites is 2. The van der Waals surface area contributed by atoms with Crippen LogP contribution in [0.3, 0.4) is 0 Å². The minimum atomic E-state index is -0.669. The molecule has 0 aliphatic carbocycles. The van der Waals surface area contributed by atoms with Crippen LogP contribution < -0.4 is 15.7 Å². The molecule has 1 N–H and O–H groups in total. The number of fused-ring (bicyclic) bond motifs is 1. The van der Waals surface area contributed by atoms with Crippen molar-refractivity contribution in [2.24, 2.45) is 0 Å². The van der Waals surface area contributed by atoms with E-state index in [1.807, 2.05) is 6.07 Å². The molecule has 1 amide bonds. The maximum absolute atomic E-state index is 11.9. The fraction of sp³-hybridized carbons (Fsp3) is 0. The molecule has 21 heavy (non-hydrogen) atoms. The second-order valence-electron chi connectivity index (χ2n) is 4.31. The number of carbonyl (C=O) groups is 1. The van der Waals surface area contributed by atoms with Gasteiger partial charge in [0.1, 0.15) is 5.58 Å². The molecule has 3 rings (SSSR count). The first-order valence-corrected chi connectivity index (χ1v) is 6.29. The quantitative estimate of drug-likeness (QED) is 0.731. The molecule has 0 aliphatic heterocycles. The SMILES string of the molecule is O=C(Nc1ccccc1)Oc1cc(=O)oc2ccccc12. The fourth-order valence-corrected chi connectivity index (χ4v) is 1.93. The summed E-state index contributed by atoms with van der Waals surface area (Å²) in [5.74, 6) is 0.162. The highest BCUT2D eigenvalue weighted by Crippen LogP contribution is 2.23. The van der Waals surface area contributed by atoms with Gasteiger partial charge in [0.2, 0.25) is 0 Å². The van der Waals surface area contributed by atoms with E-state index in [4.69, 9.17) is 9.15 Å². The van der Waals surface area contributed by atoms with Gasteiger partial charge in [0.05, 0.1) is 11.5 Å². The summed E-state index contributed by atoms with van der Waals surface area (Å²) in [5, 5.41) is 3.14. The minimum Gasteiger partial charge on any atom is -0.422 e. The lowest BCUT2D eigenvalue weighted by Crippen LogP contribution is -2.17. The van der Waals surface area contributed by atoms with Crippen LogP contribution in [0, 0.1) is 0 Å². The van der Waals surface area contributed by atoms with Crippen molar-refractivity contribution in [2.75, 3.05) is 5.32 Å². The van der Waals surface area contributed by atoms with Crippen LogP contribution in [0.1, 0.15) is 0 Å². The normalized spacial score (nSPS) is 10.3. The molecule has 3 aromatic rings. The Balaban J connectivity index is 1.88. The van der Waals surface area contributed by atoms with Gasteiger partial charge in [-0.1, -0.05) is 30.3 Å². The first kappa shape index (κ1) is 12.9. The first-order valence-electron chi connectivity index (χ1n) is 6.29. The third kappa shape index (κ3) is 2.92. The van der Waals surface area contributed by atoms with E-state index in [-0.39, 0.29) is 5.75 Å². The van der Waals surface area contributed by atoms with Crippen molar-refractivity contribution in [2.45, 2.75) is 0 Å². The summed E-state index contributed by atoms with van der Waals surface area (Å²) in [4.78, 5) is 23.3. The van der Waals surface area contributed by atoms with Gasteiger partial charge in [0.15, 0.2) is 5.75 Å². The average molecular weight is 281 g/mol. The number of hydrogen-bond acceptors (Lipinski definition) is 4. The van der Waals surface area contributed by atoms with E-state index >= 15 is 0 Å². The summed E-state index contributed by atoms with van der Waals surface area (Å²) < 4.78 is 10.2. The van der Waals surface area contributed by atoms with E-state index in [9.17, 15) is 9.59 Å². The third-order valence-electron chi connectivity index (χ3n) is 2.83. The number of benzene rings is 2. The van der Waals surface area contributed by atoms with Crippen LogP contribution in [0.4, 0.5) is 10.5 Å². The van der Waals surface area contributed by atoms with Crippen molar-refractivity contribution >= 4 is 22.7 Å². The number of carbonyl (C=O) groups excluding carboxylic acids is 1. The lowest BCUT2D eigenvalue weighted by Gasteiger charge is -2.08. The second-order valence-corrected chi connectivity index (χ2v) is 4.31. The van der Waals surface area contributed by atoms with E-state index in [1.54, 1.807) is 48.5 Å². The van der Waals surface area contributed by atoms with Crippen LogP contribution in [0.5, 0.6) is 5.75 Å². The molecule has 1 aromatic heterocycles. The molecule has 1 heterocycles. The highest BCUT2D eigenvalue weighted by molar-refractivity contribution is 5.90. The van der Waals surface area contributed by atoms with Gasteiger partial charge in [-0.05, 0) is 24.3 Å². The molecule has 0 atom stereocenters. The Labute approximate surface area is 119 Å². The van der Waals surface area contributed by atoms with E-state index in [1.165, 1.54) is 0 Å². The smallest absolute Gasteiger partial charge is 0.417 e. The topological polar surface area (TPSA) is 68.5 Å². The molecule has 0 fully saturated rings. The molecule has 0 saturated heterocycles. The number of amides is 1. The predicted octanol–water partition coefficient (Wildman–Crippen LogP) is 3.40. The Morgan fingerprint density at radius 1 is 1.00 bits per heavy atom. The van der Waals surface area contributed by atoms with Crippen LogP contribution in [0.15, 0.2) is 69.9 Å². The summed E-state index contributed by atoms with van der Waals surface area (Å²) in [5.41, 5.74) is 0.401. The summed E-state index contributed by atoms with van der Waals surface area (Å²) >= 11 is 0. The van der Waals surface area contributed by atoms with Crippen LogP contribution in [0.25, 0.3) is 11.0 Å². The molecule has 2 aromatic carbocycles. The molecular weight excluding hydrogens is 270 g/mol. The lowest BCUT2D eigenvalue weighted by atomic mass is 10.2. The average Bonchev–Trinajstić information content (AvgIpc) is 2.48. The highest BCUT2D eigenvalue weighted by Gasteiger charge is 2.10. The van der Waals surface area contributed by atoms with Crippen LogP contribution in [-0.2, 0) is 0 Å². The molecule has 0 spiro atoms. The largest absolute Gasteiger partial charge is 0.422 e. The van der Waals surface area contributed by atoms with Crippen molar-refractivity contribution in [3.63, 3.8) is 0 Å².